The molecule has 1 atom stereocenters. The third-order valence-electron chi connectivity index (χ3n) is 2.98. The fraction of sp³-hybridized carbons (Fsp3) is 0.833. The van der Waals surface area contributed by atoms with Gasteiger partial charge < -0.3 is 15.3 Å². The van der Waals surface area contributed by atoms with Gasteiger partial charge in [0, 0.05) is 19.1 Å². The van der Waals surface area contributed by atoms with Crippen molar-refractivity contribution in [3.63, 3.8) is 0 Å². The van der Waals surface area contributed by atoms with E-state index in [1.54, 1.807) is 6.92 Å². The molecule has 0 aromatic carbocycles. The number of amides is 2. The number of hydrogen-bond donors (Lipinski definition) is 2. The first-order valence-corrected chi connectivity index (χ1v) is 6.33. The molecule has 1 rings (SSSR count). The fourth-order valence-corrected chi connectivity index (χ4v) is 1.59. The van der Waals surface area contributed by atoms with E-state index in [1.807, 2.05) is 4.90 Å². The Bertz CT molecular complexity index is 277. The normalized spacial score (nSPS) is 16.4. The van der Waals surface area contributed by atoms with Gasteiger partial charge in [0.1, 0.15) is 0 Å². The zero-order valence-electron chi connectivity index (χ0n) is 10.6. The number of carbonyl (C=O) groups excluding carboxylic acids is 1. The van der Waals surface area contributed by atoms with Gasteiger partial charge in [0.15, 0.2) is 0 Å². The van der Waals surface area contributed by atoms with Crippen LogP contribution in [-0.4, -0.2) is 41.1 Å². The van der Waals surface area contributed by atoms with E-state index >= 15 is 0 Å². The van der Waals surface area contributed by atoms with Crippen LogP contribution in [0, 0.1) is 5.92 Å². The summed E-state index contributed by atoms with van der Waals surface area (Å²) in [5.41, 5.74) is 0. The van der Waals surface area contributed by atoms with Crippen LogP contribution in [-0.2, 0) is 4.79 Å². The van der Waals surface area contributed by atoms with Crippen molar-refractivity contribution in [2.45, 2.75) is 45.6 Å². The van der Waals surface area contributed by atoms with Crippen molar-refractivity contribution in [3.8, 4) is 0 Å². The predicted octanol–water partition coefficient (Wildman–Crippen LogP) is 1.68. The molecule has 2 amide bonds. The zero-order valence-corrected chi connectivity index (χ0v) is 10.6. The van der Waals surface area contributed by atoms with E-state index in [0.29, 0.717) is 6.04 Å². The molecular weight excluding hydrogens is 220 g/mol. The lowest BCUT2D eigenvalue weighted by molar-refractivity contribution is -0.140. The molecule has 1 aliphatic carbocycles. The van der Waals surface area contributed by atoms with Crippen LogP contribution < -0.4 is 5.32 Å². The van der Waals surface area contributed by atoms with Crippen molar-refractivity contribution in [1.29, 1.82) is 0 Å². The van der Waals surface area contributed by atoms with E-state index < -0.39 is 11.9 Å². The zero-order chi connectivity index (χ0) is 12.8. The van der Waals surface area contributed by atoms with E-state index in [2.05, 4.69) is 12.2 Å². The second-order valence-corrected chi connectivity index (χ2v) is 4.70. The molecule has 2 N–H and O–H groups in total. The number of carboxylic acids is 1. The number of aliphatic carboxylic acids is 1. The van der Waals surface area contributed by atoms with Gasteiger partial charge in [-0.2, -0.15) is 0 Å². The summed E-state index contributed by atoms with van der Waals surface area (Å²) >= 11 is 0. The number of rotatable bonds is 7. The van der Waals surface area contributed by atoms with E-state index in [1.165, 1.54) is 0 Å². The van der Waals surface area contributed by atoms with Crippen molar-refractivity contribution < 1.29 is 14.7 Å². The van der Waals surface area contributed by atoms with Crippen LogP contribution >= 0.6 is 0 Å². The maximum atomic E-state index is 11.9. The minimum absolute atomic E-state index is 0.117. The highest BCUT2D eigenvalue weighted by Crippen LogP contribution is 2.27. The number of urea groups is 1. The molecule has 0 saturated heterocycles. The van der Waals surface area contributed by atoms with Gasteiger partial charge in [0.05, 0.1) is 5.92 Å². The topological polar surface area (TPSA) is 69.6 Å². The Morgan fingerprint density at radius 3 is 2.59 bits per heavy atom. The molecule has 1 aliphatic rings. The highest BCUT2D eigenvalue weighted by atomic mass is 16.4. The van der Waals surface area contributed by atoms with Crippen molar-refractivity contribution >= 4 is 12.0 Å². The Labute approximate surface area is 102 Å². The molecule has 5 nitrogen and oxygen atoms in total. The molecule has 0 heterocycles. The molecule has 0 radical (unpaired) electrons. The van der Waals surface area contributed by atoms with E-state index in [-0.39, 0.29) is 12.6 Å². The van der Waals surface area contributed by atoms with Crippen LogP contribution in [0.2, 0.25) is 0 Å². The Balaban J connectivity index is 2.34. The van der Waals surface area contributed by atoms with Crippen LogP contribution in [0.1, 0.15) is 39.5 Å². The predicted molar refractivity (Wildman–Crippen MR) is 64.8 cm³/mol. The third kappa shape index (κ3) is 4.63. The fourth-order valence-electron chi connectivity index (χ4n) is 1.59. The molecule has 1 saturated carbocycles. The van der Waals surface area contributed by atoms with Gasteiger partial charge in [0.25, 0.3) is 0 Å². The molecule has 0 aliphatic heterocycles. The van der Waals surface area contributed by atoms with Gasteiger partial charge in [-0.1, -0.05) is 20.3 Å². The Morgan fingerprint density at radius 2 is 2.12 bits per heavy atom. The molecular formula is C12H22N2O3. The van der Waals surface area contributed by atoms with E-state index in [0.717, 1.165) is 32.2 Å². The van der Waals surface area contributed by atoms with Gasteiger partial charge in [-0.05, 0) is 19.3 Å². The largest absolute Gasteiger partial charge is 0.481 e. The van der Waals surface area contributed by atoms with Gasteiger partial charge in [-0.25, -0.2) is 4.79 Å². The smallest absolute Gasteiger partial charge is 0.317 e. The molecule has 0 bridgehead atoms. The lowest BCUT2D eigenvalue weighted by atomic mass is 10.2. The first-order chi connectivity index (χ1) is 8.06. The molecule has 0 spiro atoms. The maximum Gasteiger partial charge on any atom is 0.317 e. The minimum atomic E-state index is -0.878. The third-order valence-corrected chi connectivity index (χ3v) is 2.98. The highest BCUT2D eigenvalue weighted by molar-refractivity contribution is 5.76. The standard InChI is InChI=1S/C12H22N2O3/c1-3-4-7-14(10-5-6-10)12(17)13-8-9(2)11(15)16/h9-10H,3-8H2,1-2H3,(H,13,17)(H,15,16). The summed E-state index contributed by atoms with van der Waals surface area (Å²) in [5, 5.41) is 11.4. The summed E-state index contributed by atoms with van der Waals surface area (Å²) in [6, 6.07) is 0.260. The Morgan fingerprint density at radius 1 is 1.47 bits per heavy atom. The van der Waals surface area contributed by atoms with Crippen LogP contribution in [0.15, 0.2) is 0 Å². The molecule has 0 aromatic rings. The van der Waals surface area contributed by atoms with Crippen LogP contribution in [0.4, 0.5) is 4.79 Å². The SMILES string of the molecule is CCCCN(C(=O)NCC(C)C(=O)O)C1CC1. The average molecular weight is 242 g/mol. The molecule has 5 heteroatoms. The molecule has 0 aromatic heterocycles. The van der Waals surface area contributed by atoms with Crippen LogP contribution in [0.25, 0.3) is 0 Å². The highest BCUT2D eigenvalue weighted by Gasteiger charge is 2.32. The number of carbonyl (C=O) groups is 2. The number of carboxylic acid groups (broad SMARTS) is 1. The summed E-state index contributed by atoms with van der Waals surface area (Å²) in [4.78, 5) is 24.4. The van der Waals surface area contributed by atoms with Crippen LogP contribution in [0.5, 0.6) is 0 Å². The summed E-state index contributed by atoms with van der Waals surface area (Å²) < 4.78 is 0. The van der Waals surface area contributed by atoms with Gasteiger partial charge in [-0.15, -0.1) is 0 Å². The summed E-state index contributed by atoms with van der Waals surface area (Å²) in [6.07, 6.45) is 4.21. The van der Waals surface area contributed by atoms with Gasteiger partial charge >= 0.3 is 12.0 Å². The number of hydrogen-bond acceptors (Lipinski definition) is 2. The first kappa shape index (κ1) is 13.8. The first-order valence-electron chi connectivity index (χ1n) is 6.33. The van der Waals surface area contributed by atoms with E-state index in [9.17, 15) is 9.59 Å². The van der Waals surface area contributed by atoms with Crippen molar-refractivity contribution in [2.24, 2.45) is 5.92 Å². The monoisotopic (exact) mass is 242 g/mol. The van der Waals surface area contributed by atoms with Crippen molar-refractivity contribution in [3.05, 3.63) is 0 Å². The molecule has 98 valence electrons. The minimum Gasteiger partial charge on any atom is -0.481 e. The lowest BCUT2D eigenvalue weighted by Crippen LogP contribution is -2.44. The summed E-state index contributed by atoms with van der Waals surface area (Å²) in [7, 11) is 0. The Kier molecular flexibility index (Phi) is 5.25. The van der Waals surface area contributed by atoms with Gasteiger partial charge in [0.2, 0.25) is 0 Å². The Hall–Kier alpha value is -1.26. The second kappa shape index (κ2) is 6.47. The quantitative estimate of drug-likeness (QED) is 0.713. The summed E-state index contributed by atoms with van der Waals surface area (Å²) in [6.45, 7) is 4.66. The number of nitrogens with one attached hydrogen (secondary N) is 1. The van der Waals surface area contributed by atoms with Crippen molar-refractivity contribution in [2.75, 3.05) is 13.1 Å². The average Bonchev–Trinajstić information content (AvgIpc) is 3.10. The second-order valence-electron chi connectivity index (χ2n) is 4.70. The van der Waals surface area contributed by atoms with E-state index in [4.69, 9.17) is 5.11 Å². The maximum absolute atomic E-state index is 11.9. The van der Waals surface area contributed by atoms with Crippen molar-refractivity contribution in [1.82, 2.24) is 10.2 Å². The lowest BCUT2D eigenvalue weighted by Gasteiger charge is -2.23. The summed E-state index contributed by atoms with van der Waals surface area (Å²) in [5.74, 6) is -1.41. The van der Waals surface area contributed by atoms with Gasteiger partial charge in [-0.3, -0.25) is 4.79 Å². The van der Waals surface area contributed by atoms with Crippen LogP contribution in [0.3, 0.4) is 0 Å². The molecule has 17 heavy (non-hydrogen) atoms. The molecule has 1 fully saturated rings. The number of nitrogens with zero attached hydrogens (tertiary/aromatic N) is 1. The molecule has 1 unspecified atom stereocenters. The number of unbranched alkanes of at least 4 members (excludes halogenated alkanes) is 1.